The Morgan fingerprint density at radius 2 is 1.52 bits per heavy atom. The van der Waals surface area contributed by atoms with Crippen molar-refractivity contribution < 1.29 is 9.18 Å². The van der Waals surface area contributed by atoms with Crippen LogP contribution in [-0.2, 0) is 6.54 Å². The molecular weight excluding hydrogens is 421 g/mol. The van der Waals surface area contributed by atoms with E-state index in [1.807, 2.05) is 6.07 Å². The number of nitrogens with zero attached hydrogens (tertiary/aromatic N) is 3. The molecule has 1 fully saturated rings. The first-order chi connectivity index (χ1) is 16.2. The molecule has 2 aromatic carbocycles. The van der Waals surface area contributed by atoms with Gasteiger partial charge in [0, 0.05) is 24.2 Å². The number of halogens is 1. The van der Waals surface area contributed by atoms with Crippen molar-refractivity contribution in [2.75, 3.05) is 22.6 Å². The predicted molar refractivity (Wildman–Crippen MR) is 126 cm³/mol. The molecule has 1 aliphatic carbocycles. The van der Waals surface area contributed by atoms with E-state index in [1.54, 1.807) is 42.5 Å². The van der Waals surface area contributed by atoms with Gasteiger partial charge in [0.1, 0.15) is 5.82 Å². The van der Waals surface area contributed by atoms with Gasteiger partial charge < -0.3 is 10.6 Å². The number of hydrazine groups is 1. The van der Waals surface area contributed by atoms with Gasteiger partial charge in [-0.2, -0.15) is 15.0 Å². The maximum Gasteiger partial charge on any atom is 0.269 e. The van der Waals surface area contributed by atoms with Crippen LogP contribution in [0.4, 0.5) is 22.2 Å². The lowest BCUT2D eigenvalue weighted by Crippen LogP contribution is -2.30. The first kappa shape index (κ1) is 22.4. The number of aromatic nitrogens is 3. The molecule has 4 N–H and O–H groups in total. The molecule has 1 amide bonds. The molecule has 1 aromatic heterocycles. The average molecular weight is 450 g/mol. The third-order valence-corrected chi connectivity index (χ3v) is 5.63. The molecule has 1 aliphatic rings. The molecule has 0 spiro atoms. The van der Waals surface area contributed by atoms with E-state index in [4.69, 9.17) is 0 Å². The largest absolute Gasteiger partial charge is 0.354 e. The average Bonchev–Trinajstić information content (AvgIpc) is 2.87. The quantitative estimate of drug-likeness (QED) is 0.360. The fourth-order valence-corrected chi connectivity index (χ4v) is 3.81. The Bertz CT molecular complexity index is 1060. The van der Waals surface area contributed by atoms with Crippen molar-refractivity contribution in [3.05, 3.63) is 71.5 Å². The predicted octanol–water partition coefficient (Wildman–Crippen LogP) is 4.37. The highest BCUT2D eigenvalue weighted by molar-refractivity contribution is 5.94. The number of hydrogen-bond acceptors (Lipinski definition) is 7. The maximum absolute atomic E-state index is 14.0. The van der Waals surface area contributed by atoms with Gasteiger partial charge in [-0.25, -0.2) is 4.39 Å². The second-order valence-corrected chi connectivity index (χ2v) is 8.08. The Labute approximate surface area is 192 Å². The van der Waals surface area contributed by atoms with Crippen molar-refractivity contribution in [3.63, 3.8) is 0 Å². The molecule has 0 radical (unpaired) electrons. The van der Waals surface area contributed by atoms with Gasteiger partial charge in [0.2, 0.25) is 17.8 Å². The van der Waals surface area contributed by atoms with E-state index in [2.05, 4.69) is 36.4 Å². The third kappa shape index (κ3) is 6.61. The third-order valence-electron chi connectivity index (χ3n) is 5.63. The Hall–Kier alpha value is -3.75. The van der Waals surface area contributed by atoms with Crippen molar-refractivity contribution in [2.45, 2.75) is 38.6 Å². The van der Waals surface area contributed by atoms with Crippen molar-refractivity contribution in [2.24, 2.45) is 5.92 Å². The Kier molecular flexibility index (Phi) is 7.63. The smallest absolute Gasteiger partial charge is 0.269 e. The molecule has 0 saturated heterocycles. The van der Waals surface area contributed by atoms with Crippen LogP contribution in [0.25, 0.3) is 0 Å². The molecule has 0 bridgehead atoms. The van der Waals surface area contributed by atoms with Crippen LogP contribution in [0.2, 0.25) is 0 Å². The van der Waals surface area contributed by atoms with E-state index in [0.717, 1.165) is 6.54 Å². The van der Waals surface area contributed by atoms with E-state index in [0.29, 0.717) is 23.0 Å². The summed E-state index contributed by atoms with van der Waals surface area (Å²) in [5.41, 5.74) is 6.36. The van der Waals surface area contributed by atoms with Gasteiger partial charge in [0.15, 0.2) is 0 Å². The van der Waals surface area contributed by atoms with E-state index >= 15 is 0 Å². The topological polar surface area (TPSA) is 104 Å². The minimum Gasteiger partial charge on any atom is -0.354 e. The molecule has 0 atom stereocenters. The minimum absolute atomic E-state index is 0.177. The summed E-state index contributed by atoms with van der Waals surface area (Å²) in [6.45, 7) is 0.987. The van der Waals surface area contributed by atoms with Gasteiger partial charge in [0.05, 0.1) is 0 Å². The standard InChI is InChI=1S/C24H28FN7O/c25-20-14-8-7-13-19(20)16-27-23-28-22(26-15-17-9-3-1-4-10-17)29-24(30-23)32-31-21(33)18-11-5-2-6-12-18/h2,5-8,11-14,17H,1,3-4,9-10,15-16H2,(H,31,33)(H3,26,27,28,29,30,32). The summed E-state index contributed by atoms with van der Waals surface area (Å²) >= 11 is 0. The van der Waals surface area contributed by atoms with Gasteiger partial charge in [-0.15, -0.1) is 0 Å². The van der Waals surface area contributed by atoms with Crippen molar-refractivity contribution in [3.8, 4) is 0 Å². The SMILES string of the molecule is O=C(NNc1nc(NCc2ccccc2F)nc(NCC2CCCCC2)n1)c1ccccc1. The molecule has 172 valence electrons. The van der Waals surface area contributed by atoms with Crippen LogP contribution in [0.1, 0.15) is 48.0 Å². The first-order valence-electron chi connectivity index (χ1n) is 11.3. The first-order valence-corrected chi connectivity index (χ1v) is 11.3. The number of rotatable bonds is 9. The number of amides is 1. The van der Waals surface area contributed by atoms with E-state index in [9.17, 15) is 9.18 Å². The number of nitrogens with one attached hydrogen (secondary N) is 4. The molecular formula is C24H28FN7O. The zero-order valence-corrected chi connectivity index (χ0v) is 18.4. The zero-order chi connectivity index (χ0) is 22.9. The van der Waals surface area contributed by atoms with Crippen LogP contribution in [0.5, 0.6) is 0 Å². The van der Waals surface area contributed by atoms with Crippen LogP contribution >= 0.6 is 0 Å². The van der Waals surface area contributed by atoms with E-state index in [-0.39, 0.29) is 30.2 Å². The Morgan fingerprint density at radius 3 is 2.27 bits per heavy atom. The monoisotopic (exact) mass is 449 g/mol. The van der Waals surface area contributed by atoms with Gasteiger partial charge >= 0.3 is 0 Å². The molecule has 4 rings (SSSR count). The summed E-state index contributed by atoms with van der Waals surface area (Å²) in [5.74, 6) is 0.812. The van der Waals surface area contributed by atoms with Gasteiger partial charge in [0.25, 0.3) is 5.91 Å². The fraction of sp³-hybridized carbons (Fsp3) is 0.333. The molecule has 3 aromatic rings. The lowest BCUT2D eigenvalue weighted by molar-refractivity contribution is 0.0962. The summed E-state index contributed by atoms with van der Waals surface area (Å²) in [7, 11) is 0. The zero-order valence-electron chi connectivity index (χ0n) is 18.4. The van der Waals surface area contributed by atoms with Crippen LogP contribution in [0.15, 0.2) is 54.6 Å². The Balaban J connectivity index is 1.45. The lowest BCUT2D eigenvalue weighted by atomic mass is 9.89. The summed E-state index contributed by atoms with van der Waals surface area (Å²) in [4.78, 5) is 25.5. The number of benzene rings is 2. The molecule has 33 heavy (non-hydrogen) atoms. The number of hydrogen-bond donors (Lipinski definition) is 4. The number of anilines is 3. The molecule has 0 unspecified atom stereocenters. The Morgan fingerprint density at radius 1 is 0.848 bits per heavy atom. The summed E-state index contributed by atoms with van der Waals surface area (Å²) in [5, 5.41) is 6.34. The summed E-state index contributed by atoms with van der Waals surface area (Å²) < 4.78 is 14.0. The molecule has 1 heterocycles. The van der Waals surface area contributed by atoms with Crippen molar-refractivity contribution >= 4 is 23.8 Å². The molecule has 1 saturated carbocycles. The highest BCUT2D eigenvalue weighted by Crippen LogP contribution is 2.23. The van der Waals surface area contributed by atoms with Crippen LogP contribution < -0.4 is 21.5 Å². The van der Waals surface area contributed by atoms with Crippen molar-refractivity contribution in [1.29, 1.82) is 0 Å². The van der Waals surface area contributed by atoms with E-state index < -0.39 is 0 Å². The van der Waals surface area contributed by atoms with Crippen LogP contribution in [0, 0.1) is 11.7 Å². The summed E-state index contributed by atoms with van der Waals surface area (Å²) in [6.07, 6.45) is 6.17. The highest BCUT2D eigenvalue weighted by Gasteiger charge is 2.15. The van der Waals surface area contributed by atoms with Gasteiger partial charge in [-0.3, -0.25) is 15.6 Å². The highest BCUT2D eigenvalue weighted by atomic mass is 19.1. The van der Waals surface area contributed by atoms with E-state index in [1.165, 1.54) is 38.2 Å². The van der Waals surface area contributed by atoms with Crippen LogP contribution in [0.3, 0.4) is 0 Å². The number of carbonyl (C=O) groups is 1. The van der Waals surface area contributed by atoms with Crippen LogP contribution in [-0.4, -0.2) is 27.4 Å². The van der Waals surface area contributed by atoms with Crippen molar-refractivity contribution in [1.82, 2.24) is 20.4 Å². The molecule has 0 aliphatic heterocycles. The molecule has 8 nitrogen and oxygen atoms in total. The van der Waals surface area contributed by atoms with Gasteiger partial charge in [-0.05, 0) is 37.0 Å². The normalized spacial score (nSPS) is 13.8. The number of carbonyl (C=O) groups excluding carboxylic acids is 1. The second-order valence-electron chi connectivity index (χ2n) is 8.08. The second kappa shape index (κ2) is 11.2. The maximum atomic E-state index is 14.0. The lowest BCUT2D eigenvalue weighted by Gasteiger charge is -2.21. The molecule has 9 heteroatoms. The fourth-order valence-electron chi connectivity index (χ4n) is 3.81. The van der Waals surface area contributed by atoms with Gasteiger partial charge in [-0.1, -0.05) is 55.7 Å². The minimum atomic E-state index is -0.311. The summed E-state index contributed by atoms with van der Waals surface area (Å²) in [6, 6.07) is 15.4.